The van der Waals surface area contributed by atoms with Crippen LogP contribution >= 0.6 is 11.6 Å². The summed E-state index contributed by atoms with van der Waals surface area (Å²) in [6.07, 6.45) is 3.50. The first-order chi connectivity index (χ1) is 10.7. The van der Waals surface area contributed by atoms with Crippen molar-refractivity contribution in [2.24, 2.45) is 0 Å². The maximum Gasteiger partial charge on any atom is 0.134 e. The van der Waals surface area contributed by atoms with E-state index in [-0.39, 0.29) is 0 Å². The minimum absolute atomic E-state index is 0.603. The van der Waals surface area contributed by atoms with Gasteiger partial charge in [-0.1, -0.05) is 17.7 Å². The molecule has 1 N–H and O–H groups in total. The molecule has 0 amide bonds. The molecule has 1 aromatic heterocycles. The number of fused-ring (bicyclic) bond motifs is 1. The number of hydrogen-bond donors (Lipinski definition) is 1. The predicted molar refractivity (Wildman–Crippen MR) is 89.6 cm³/mol. The number of anilines is 2. The van der Waals surface area contributed by atoms with E-state index >= 15 is 0 Å². The van der Waals surface area contributed by atoms with Crippen molar-refractivity contribution in [3.8, 4) is 0 Å². The van der Waals surface area contributed by atoms with Crippen molar-refractivity contribution in [3.63, 3.8) is 0 Å². The summed E-state index contributed by atoms with van der Waals surface area (Å²) in [6, 6.07) is 8.86. The van der Waals surface area contributed by atoms with Gasteiger partial charge in [0.15, 0.2) is 0 Å². The molecule has 22 heavy (non-hydrogen) atoms. The number of aryl methyl sites for hydroxylation is 1. The summed E-state index contributed by atoms with van der Waals surface area (Å²) in [4.78, 5) is 11.4. The Bertz CT molecular complexity index is 712. The van der Waals surface area contributed by atoms with Crippen molar-refractivity contribution in [2.75, 3.05) is 16.8 Å². The Morgan fingerprint density at radius 3 is 2.86 bits per heavy atom. The first-order valence-corrected chi connectivity index (χ1v) is 8.20. The minimum Gasteiger partial charge on any atom is -0.367 e. The molecular weight excluding hydrogens is 296 g/mol. The lowest BCUT2D eigenvalue weighted by Crippen LogP contribution is -2.31. The van der Waals surface area contributed by atoms with Gasteiger partial charge in [0.05, 0.1) is 0 Å². The molecule has 5 heteroatoms. The summed E-state index contributed by atoms with van der Waals surface area (Å²) in [5, 5.41) is 4.29. The highest BCUT2D eigenvalue weighted by Gasteiger charge is 2.23. The summed E-state index contributed by atoms with van der Waals surface area (Å²) in [7, 11) is 0. The monoisotopic (exact) mass is 314 g/mol. The molecule has 1 aromatic carbocycles. The van der Waals surface area contributed by atoms with Crippen molar-refractivity contribution in [3.05, 3.63) is 46.2 Å². The molecule has 0 unspecified atom stereocenters. The Morgan fingerprint density at radius 2 is 2.05 bits per heavy atom. The van der Waals surface area contributed by atoms with Crippen LogP contribution in [-0.4, -0.2) is 22.6 Å². The SMILES string of the molecule is Cc1nc(NC2CC2)cc(N2CCc3cc(Cl)ccc3C2)n1. The van der Waals surface area contributed by atoms with Crippen molar-refractivity contribution < 1.29 is 0 Å². The number of nitrogens with one attached hydrogen (secondary N) is 1. The molecule has 0 spiro atoms. The number of halogens is 1. The second-order valence-corrected chi connectivity index (χ2v) is 6.60. The third kappa shape index (κ3) is 2.88. The second-order valence-electron chi connectivity index (χ2n) is 6.16. The molecule has 4 nitrogen and oxygen atoms in total. The topological polar surface area (TPSA) is 41.1 Å². The Morgan fingerprint density at radius 1 is 1.18 bits per heavy atom. The molecule has 4 rings (SSSR count). The van der Waals surface area contributed by atoms with Gasteiger partial charge in [0.2, 0.25) is 0 Å². The lowest BCUT2D eigenvalue weighted by molar-refractivity contribution is 0.717. The predicted octanol–water partition coefficient (Wildman–Crippen LogP) is 3.58. The van der Waals surface area contributed by atoms with Gasteiger partial charge in [-0.3, -0.25) is 0 Å². The first-order valence-electron chi connectivity index (χ1n) is 7.82. The van der Waals surface area contributed by atoms with Crippen LogP contribution in [0.3, 0.4) is 0 Å². The highest BCUT2D eigenvalue weighted by molar-refractivity contribution is 6.30. The van der Waals surface area contributed by atoms with Gasteiger partial charge in [-0.05, 0) is 49.4 Å². The molecular formula is C17H19ClN4. The van der Waals surface area contributed by atoms with Crippen LogP contribution in [0, 0.1) is 6.92 Å². The number of rotatable bonds is 3. The maximum absolute atomic E-state index is 6.08. The van der Waals surface area contributed by atoms with Gasteiger partial charge in [0.25, 0.3) is 0 Å². The smallest absolute Gasteiger partial charge is 0.134 e. The van der Waals surface area contributed by atoms with Gasteiger partial charge in [-0.15, -0.1) is 0 Å². The summed E-state index contributed by atoms with van der Waals surface area (Å²) >= 11 is 6.08. The standard InChI is InChI=1S/C17H19ClN4/c1-11-19-16(21-15-4-5-15)9-17(20-11)22-7-6-12-8-14(18)3-2-13(12)10-22/h2-3,8-9,15H,4-7,10H2,1H3,(H,19,20,21). The van der Waals surface area contributed by atoms with Gasteiger partial charge in [0, 0.05) is 30.2 Å². The van der Waals surface area contributed by atoms with Gasteiger partial charge < -0.3 is 10.2 Å². The molecule has 1 aliphatic carbocycles. The fraction of sp³-hybridized carbons (Fsp3) is 0.412. The van der Waals surface area contributed by atoms with Gasteiger partial charge in [0.1, 0.15) is 17.5 Å². The summed E-state index contributed by atoms with van der Waals surface area (Å²) < 4.78 is 0. The third-order valence-corrected chi connectivity index (χ3v) is 4.49. The molecule has 0 atom stereocenters. The average Bonchev–Trinajstić information content (AvgIpc) is 3.30. The van der Waals surface area contributed by atoms with Crippen LogP contribution in [0.15, 0.2) is 24.3 Å². The van der Waals surface area contributed by atoms with Crippen LogP contribution in [0.25, 0.3) is 0 Å². The van der Waals surface area contributed by atoms with Crippen LogP contribution in [0.2, 0.25) is 5.02 Å². The van der Waals surface area contributed by atoms with Crippen LogP contribution in [0.4, 0.5) is 11.6 Å². The van der Waals surface area contributed by atoms with Crippen LogP contribution in [0.5, 0.6) is 0 Å². The molecule has 1 saturated carbocycles. The Kier molecular flexibility index (Phi) is 3.41. The minimum atomic E-state index is 0.603. The Hall–Kier alpha value is -1.81. The lowest BCUT2D eigenvalue weighted by Gasteiger charge is -2.30. The Balaban J connectivity index is 1.59. The van der Waals surface area contributed by atoms with E-state index in [4.69, 9.17) is 11.6 Å². The van der Waals surface area contributed by atoms with Gasteiger partial charge in [-0.2, -0.15) is 0 Å². The highest BCUT2D eigenvalue weighted by Crippen LogP contribution is 2.28. The lowest BCUT2D eigenvalue weighted by atomic mass is 10.00. The van der Waals surface area contributed by atoms with Crippen molar-refractivity contribution in [1.29, 1.82) is 0 Å². The van der Waals surface area contributed by atoms with Crippen molar-refractivity contribution in [2.45, 2.75) is 38.8 Å². The van der Waals surface area contributed by atoms with E-state index < -0.39 is 0 Å². The second kappa shape index (κ2) is 5.43. The molecule has 1 aliphatic heterocycles. The fourth-order valence-corrected chi connectivity index (χ4v) is 3.14. The highest BCUT2D eigenvalue weighted by atomic mass is 35.5. The molecule has 0 bridgehead atoms. The molecule has 2 heterocycles. The zero-order chi connectivity index (χ0) is 15.1. The molecule has 0 radical (unpaired) electrons. The number of benzene rings is 1. The molecule has 2 aliphatic rings. The molecule has 1 fully saturated rings. The molecule has 114 valence electrons. The van der Waals surface area contributed by atoms with Crippen LogP contribution < -0.4 is 10.2 Å². The first kappa shape index (κ1) is 13.8. The van der Waals surface area contributed by atoms with E-state index in [2.05, 4.69) is 38.4 Å². The number of hydrogen-bond acceptors (Lipinski definition) is 4. The number of aromatic nitrogens is 2. The summed E-state index contributed by atoms with van der Waals surface area (Å²) in [5.74, 6) is 2.78. The van der Waals surface area contributed by atoms with Gasteiger partial charge >= 0.3 is 0 Å². The summed E-state index contributed by atoms with van der Waals surface area (Å²) in [5.41, 5.74) is 2.69. The fourth-order valence-electron chi connectivity index (χ4n) is 2.94. The largest absolute Gasteiger partial charge is 0.367 e. The zero-order valence-corrected chi connectivity index (χ0v) is 13.4. The van der Waals surface area contributed by atoms with E-state index in [1.807, 2.05) is 13.0 Å². The van der Waals surface area contributed by atoms with E-state index in [0.717, 1.165) is 42.0 Å². The normalized spacial score (nSPS) is 17.3. The number of nitrogens with zero attached hydrogens (tertiary/aromatic N) is 3. The van der Waals surface area contributed by atoms with Gasteiger partial charge in [-0.25, -0.2) is 9.97 Å². The van der Waals surface area contributed by atoms with E-state index in [0.29, 0.717) is 6.04 Å². The molecule has 2 aromatic rings. The van der Waals surface area contributed by atoms with E-state index in [9.17, 15) is 0 Å². The summed E-state index contributed by atoms with van der Waals surface area (Å²) in [6.45, 7) is 3.80. The average molecular weight is 315 g/mol. The van der Waals surface area contributed by atoms with E-state index in [1.165, 1.54) is 24.0 Å². The molecule has 0 saturated heterocycles. The van der Waals surface area contributed by atoms with Crippen LogP contribution in [-0.2, 0) is 13.0 Å². The van der Waals surface area contributed by atoms with Crippen molar-refractivity contribution >= 4 is 23.2 Å². The Labute approximate surface area is 135 Å². The third-order valence-electron chi connectivity index (χ3n) is 4.26. The van der Waals surface area contributed by atoms with Crippen LogP contribution in [0.1, 0.15) is 29.8 Å². The quantitative estimate of drug-likeness (QED) is 0.940. The maximum atomic E-state index is 6.08. The van der Waals surface area contributed by atoms with E-state index in [1.54, 1.807) is 0 Å². The van der Waals surface area contributed by atoms with Crippen molar-refractivity contribution in [1.82, 2.24) is 9.97 Å². The zero-order valence-electron chi connectivity index (χ0n) is 12.6.